The van der Waals surface area contributed by atoms with Gasteiger partial charge in [-0.2, -0.15) is 0 Å². The molecule has 0 aromatic heterocycles. The van der Waals surface area contributed by atoms with Gasteiger partial charge in [-0.15, -0.1) is 0 Å². The number of esters is 1. The summed E-state index contributed by atoms with van der Waals surface area (Å²) in [5.74, 6) is 0.0543. The predicted octanol–water partition coefficient (Wildman–Crippen LogP) is 2.04. The second kappa shape index (κ2) is 2.99. The Balaban J connectivity index is 1.92. The normalized spacial score (nSPS) is 28.4. The van der Waals surface area contributed by atoms with Crippen LogP contribution in [0, 0.1) is 0 Å². The number of carbonyl (C=O) groups is 1. The average Bonchev–Trinajstić information content (AvgIpc) is 2.60. The van der Waals surface area contributed by atoms with Crippen molar-refractivity contribution in [1.82, 2.24) is 0 Å². The fourth-order valence-corrected chi connectivity index (χ4v) is 2.24. The molecule has 2 aliphatic heterocycles. The van der Waals surface area contributed by atoms with Crippen LogP contribution < -0.4 is 4.74 Å². The van der Waals surface area contributed by atoms with E-state index in [-0.39, 0.29) is 5.97 Å². The van der Waals surface area contributed by atoms with E-state index in [0.29, 0.717) is 12.8 Å². The van der Waals surface area contributed by atoms with Gasteiger partial charge in [0, 0.05) is 12.8 Å². The summed E-state index contributed by atoms with van der Waals surface area (Å²) >= 11 is 0. The largest absolute Gasteiger partial charge is 0.452 e. The van der Waals surface area contributed by atoms with E-state index >= 15 is 0 Å². The summed E-state index contributed by atoms with van der Waals surface area (Å²) < 4.78 is 11.1. The topological polar surface area (TPSA) is 35.5 Å². The first-order chi connectivity index (χ1) is 7.27. The van der Waals surface area contributed by atoms with Crippen molar-refractivity contribution in [3.8, 4) is 5.75 Å². The lowest BCUT2D eigenvalue weighted by atomic mass is 9.98. The standard InChI is InChI=1S/C12H12O3/c13-11-6-8-12(15-11)7-5-9-3-1-2-4-10(9)14-12/h1-4H,5-8H2. The Morgan fingerprint density at radius 1 is 1.07 bits per heavy atom. The van der Waals surface area contributed by atoms with E-state index in [1.807, 2.05) is 18.2 Å². The number of benzene rings is 1. The molecule has 2 aliphatic rings. The lowest BCUT2D eigenvalue weighted by Gasteiger charge is -2.33. The fraction of sp³-hybridized carbons (Fsp3) is 0.417. The van der Waals surface area contributed by atoms with Gasteiger partial charge in [-0.3, -0.25) is 4.79 Å². The smallest absolute Gasteiger partial charge is 0.309 e. The molecule has 0 amide bonds. The zero-order valence-corrected chi connectivity index (χ0v) is 8.36. The molecular weight excluding hydrogens is 192 g/mol. The van der Waals surface area contributed by atoms with Crippen LogP contribution in [0.15, 0.2) is 24.3 Å². The molecule has 1 unspecified atom stereocenters. The summed E-state index contributed by atoms with van der Waals surface area (Å²) in [5, 5.41) is 0. The third-order valence-electron chi connectivity index (χ3n) is 3.05. The molecule has 0 radical (unpaired) electrons. The van der Waals surface area contributed by atoms with Crippen molar-refractivity contribution in [2.24, 2.45) is 0 Å². The molecule has 3 rings (SSSR count). The molecule has 1 atom stereocenters. The maximum atomic E-state index is 11.1. The van der Waals surface area contributed by atoms with Crippen molar-refractivity contribution in [2.75, 3.05) is 0 Å². The Bertz CT molecular complexity index is 413. The molecule has 0 N–H and O–H groups in total. The number of fused-ring (bicyclic) bond motifs is 1. The molecule has 1 aromatic rings. The summed E-state index contributed by atoms with van der Waals surface area (Å²) in [5.41, 5.74) is 1.20. The minimum absolute atomic E-state index is 0.144. The summed E-state index contributed by atoms with van der Waals surface area (Å²) in [6, 6.07) is 7.93. The van der Waals surface area contributed by atoms with Gasteiger partial charge in [-0.05, 0) is 18.1 Å². The van der Waals surface area contributed by atoms with Crippen LogP contribution in [-0.4, -0.2) is 11.8 Å². The average molecular weight is 204 g/mol. The monoisotopic (exact) mass is 204 g/mol. The summed E-state index contributed by atoms with van der Waals surface area (Å²) in [6.45, 7) is 0. The van der Waals surface area contributed by atoms with Crippen LogP contribution in [0.2, 0.25) is 0 Å². The van der Waals surface area contributed by atoms with Crippen molar-refractivity contribution in [3.05, 3.63) is 29.8 Å². The van der Waals surface area contributed by atoms with Gasteiger partial charge in [-0.1, -0.05) is 18.2 Å². The second-order valence-corrected chi connectivity index (χ2v) is 4.09. The maximum Gasteiger partial charge on any atom is 0.309 e. The molecule has 1 spiro atoms. The van der Waals surface area contributed by atoms with Crippen LogP contribution >= 0.6 is 0 Å². The highest BCUT2D eigenvalue weighted by atomic mass is 16.7. The molecule has 1 aromatic carbocycles. The van der Waals surface area contributed by atoms with Crippen LogP contribution in [0.1, 0.15) is 24.8 Å². The molecule has 15 heavy (non-hydrogen) atoms. The van der Waals surface area contributed by atoms with Crippen molar-refractivity contribution in [2.45, 2.75) is 31.5 Å². The van der Waals surface area contributed by atoms with Gasteiger partial charge in [0.1, 0.15) is 5.75 Å². The molecule has 78 valence electrons. The molecule has 2 heterocycles. The van der Waals surface area contributed by atoms with Crippen molar-refractivity contribution in [1.29, 1.82) is 0 Å². The Morgan fingerprint density at radius 2 is 1.87 bits per heavy atom. The minimum Gasteiger partial charge on any atom is -0.452 e. The molecule has 3 nitrogen and oxygen atoms in total. The highest BCUT2D eigenvalue weighted by molar-refractivity contribution is 5.72. The van der Waals surface area contributed by atoms with Crippen LogP contribution in [0.3, 0.4) is 0 Å². The SMILES string of the molecule is O=C1CCC2(CCc3ccccc3O2)O1. The van der Waals surface area contributed by atoms with E-state index in [2.05, 4.69) is 6.07 Å². The van der Waals surface area contributed by atoms with E-state index in [0.717, 1.165) is 18.6 Å². The lowest BCUT2D eigenvalue weighted by molar-refractivity contribution is -0.183. The fourth-order valence-electron chi connectivity index (χ4n) is 2.24. The van der Waals surface area contributed by atoms with Gasteiger partial charge < -0.3 is 9.47 Å². The van der Waals surface area contributed by atoms with Crippen LogP contribution in [-0.2, 0) is 16.0 Å². The summed E-state index contributed by atoms with van der Waals surface area (Å²) in [7, 11) is 0. The number of hydrogen-bond acceptors (Lipinski definition) is 3. The van der Waals surface area contributed by atoms with Crippen LogP contribution in [0.5, 0.6) is 5.75 Å². The summed E-state index contributed by atoms with van der Waals surface area (Å²) in [6.07, 6.45) is 2.85. The van der Waals surface area contributed by atoms with Crippen LogP contribution in [0.4, 0.5) is 0 Å². The Hall–Kier alpha value is -1.51. The van der Waals surface area contributed by atoms with E-state index in [9.17, 15) is 4.79 Å². The molecule has 1 saturated heterocycles. The van der Waals surface area contributed by atoms with Gasteiger partial charge in [0.25, 0.3) is 5.79 Å². The maximum absolute atomic E-state index is 11.1. The first kappa shape index (κ1) is 8.77. The molecule has 0 saturated carbocycles. The summed E-state index contributed by atoms with van der Waals surface area (Å²) in [4.78, 5) is 11.1. The number of carbonyl (C=O) groups excluding carboxylic acids is 1. The molecular formula is C12H12O3. The Kier molecular flexibility index (Phi) is 1.75. The number of para-hydroxylation sites is 1. The van der Waals surface area contributed by atoms with Gasteiger partial charge in [-0.25, -0.2) is 0 Å². The zero-order chi connectivity index (χ0) is 10.3. The molecule has 1 fully saturated rings. The zero-order valence-electron chi connectivity index (χ0n) is 8.36. The van der Waals surface area contributed by atoms with Gasteiger partial charge in [0.05, 0.1) is 6.42 Å². The lowest BCUT2D eigenvalue weighted by Crippen LogP contribution is -2.39. The van der Waals surface area contributed by atoms with Crippen molar-refractivity contribution >= 4 is 5.97 Å². The third-order valence-corrected chi connectivity index (χ3v) is 3.05. The Morgan fingerprint density at radius 3 is 2.67 bits per heavy atom. The van der Waals surface area contributed by atoms with E-state index in [4.69, 9.17) is 9.47 Å². The number of ether oxygens (including phenoxy) is 2. The van der Waals surface area contributed by atoms with Crippen molar-refractivity contribution < 1.29 is 14.3 Å². The van der Waals surface area contributed by atoms with E-state index < -0.39 is 5.79 Å². The molecule has 0 bridgehead atoms. The number of hydrogen-bond donors (Lipinski definition) is 0. The first-order valence-electron chi connectivity index (χ1n) is 5.26. The molecule has 0 aliphatic carbocycles. The number of aryl methyl sites for hydroxylation is 1. The van der Waals surface area contributed by atoms with Gasteiger partial charge in [0.15, 0.2) is 0 Å². The number of rotatable bonds is 0. The third kappa shape index (κ3) is 1.39. The van der Waals surface area contributed by atoms with Gasteiger partial charge in [0.2, 0.25) is 0 Å². The van der Waals surface area contributed by atoms with Crippen molar-refractivity contribution in [3.63, 3.8) is 0 Å². The molecule has 3 heteroatoms. The van der Waals surface area contributed by atoms with E-state index in [1.54, 1.807) is 0 Å². The Labute approximate surface area is 88.0 Å². The minimum atomic E-state index is -0.661. The van der Waals surface area contributed by atoms with Crippen LogP contribution in [0.25, 0.3) is 0 Å². The van der Waals surface area contributed by atoms with E-state index in [1.165, 1.54) is 5.56 Å². The predicted molar refractivity (Wildman–Crippen MR) is 53.4 cm³/mol. The quantitative estimate of drug-likeness (QED) is 0.607. The highest BCUT2D eigenvalue weighted by Crippen LogP contribution is 2.39. The van der Waals surface area contributed by atoms with Gasteiger partial charge >= 0.3 is 5.97 Å². The second-order valence-electron chi connectivity index (χ2n) is 4.09. The first-order valence-corrected chi connectivity index (χ1v) is 5.26. The highest BCUT2D eigenvalue weighted by Gasteiger charge is 2.44.